The monoisotopic (exact) mass is 549 g/mol. The lowest BCUT2D eigenvalue weighted by molar-refractivity contribution is -0.133. The molecule has 2 amide bonds. The molecule has 1 rings (SSSR count). The molecule has 1 fully saturated rings. The van der Waals surface area contributed by atoms with Crippen LogP contribution in [0.3, 0.4) is 0 Å². The summed E-state index contributed by atoms with van der Waals surface area (Å²) < 4.78 is 15.7. The molecule has 12 nitrogen and oxygen atoms in total. The number of aliphatic hydroxyl groups is 1. The maximum Gasteiger partial charge on any atom is 0.695 e. The number of unbranched alkanes of at least 4 members (excludes halogenated alkanes) is 3. The maximum atomic E-state index is 12.4. The number of hydrogen-bond donors (Lipinski definition) is 7. The SMILES string of the molecule is NCCCNCCCCNCCCNCCC(=O)NCCCCCC(=O)N1C[C@H](O[P+](=O)O)C[C@H]1CO. The van der Waals surface area contributed by atoms with Crippen molar-refractivity contribution in [3.8, 4) is 0 Å². The van der Waals surface area contributed by atoms with Crippen molar-refractivity contribution in [3.05, 3.63) is 0 Å². The first-order valence-corrected chi connectivity index (χ1v) is 14.9. The molecule has 0 saturated carbocycles. The molecule has 1 aliphatic heterocycles. The summed E-state index contributed by atoms with van der Waals surface area (Å²) in [5, 5.41) is 22.5. The number of rotatable bonds is 24. The van der Waals surface area contributed by atoms with E-state index in [1.54, 1.807) is 4.90 Å². The predicted molar refractivity (Wildman–Crippen MR) is 144 cm³/mol. The first kappa shape index (κ1) is 33.8. The molecule has 1 heterocycles. The Labute approximate surface area is 222 Å². The zero-order chi connectivity index (χ0) is 27.1. The number of nitrogens with zero attached hydrogens (tertiary/aromatic N) is 1. The smallest absolute Gasteiger partial charge is 0.394 e. The molecule has 0 spiro atoms. The predicted octanol–water partition coefficient (Wildman–Crippen LogP) is -0.0309. The van der Waals surface area contributed by atoms with E-state index in [2.05, 4.69) is 21.3 Å². The molecule has 3 atom stereocenters. The van der Waals surface area contributed by atoms with Gasteiger partial charge in [-0.25, -0.2) is 0 Å². The standard InChI is InChI=1S/C24H49N6O6P/c25-10-6-13-26-11-4-5-12-27-14-7-15-28-17-9-23(32)29-16-3-1-2-8-24(33)30-19-22(36-37(34)35)18-21(30)20-31/h21-22,26-28,31H,1-20,25H2,(H-,29,32,34,35)/p+1/t21-,22+/m0/s1. The number of nitrogens with one attached hydrogen (secondary N) is 4. The molecule has 1 saturated heterocycles. The highest BCUT2D eigenvalue weighted by atomic mass is 31.1. The van der Waals surface area contributed by atoms with Crippen LogP contribution in [0.1, 0.15) is 64.2 Å². The van der Waals surface area contributed by atoms with Crippen molar-refractivity contribution < 1.29 is 28.7 Å². The van der Waals surface area contributed by atoms with Gasteiger partial charge in [0.1, 0.15) is 6.10 Å². The van der Waals surface area contributed by atoms with Crippen LogP contribution in [0.25, 0.3) is 0 Å². The molecule has 8 N–H and O–H groups in total. The fourth-order valence-electron chi connectivity index (χ4n) is 4.24. The van der Waals surface area contributed by atoms with Crippen molar-refractivity contribution in [2.45, 2.75) is 76.4 Å². The van der Waals surface area contributed by atoms with E-state index in [1.807, 2.05) is 0 Å². The van der Waals surface area contributed by atoms with E-state index in [0.717, 1.165) is 71.4 Å². The van der Waals surface area contributed by atoms with Crippen LogP contribution in [0.4, 0.5) is 0 Å². The largest absolute Gasteiger partial charge is 0.695 e. The third kappa shape index (κ3) is 17.8. The van der Waals surface area contributed by atoms with Crippen LogP contribution in [0.15, 0.2) is 0 Å². The number of carbonyl (C=O) groups is 2. The fourth-order valence-corrected chi connectivity index (χ4v) is 4.64. The number of carbonyl (C=O) groups excluding carboxylic acids is 2. The fraction of sp³-hybridized carbons (Fsp3) is 0.917. The van der Waals surface area contributed by atoms with Gasteiger partial charge in [-0.1, -0.05) is 6.42 Å². The number of amides is 2. The van der Waals surface area contributed by atoms with Gasteiger partial charge < -0.3 is 37.0 Å². The van der Waals surface area contributed by atoms with E-state index in [-0.39, 0.29) is 31.0 Å². The highest BCUT2D eigenvalue weighted by molar-refractivity contribution is 7.32. The van der Waals surface area contributed by atoms with Gasteiger partial charge >= 0.3 is 8.25 Å². The van der Waals surface area contributed by atoms with E-state index in [4.69, 9.17) is 15.2 Å². The topological polar surface area (TPSA) is 178 Å². The second kappa shape index (κ2) is 22.7. The van der Waals surface area contributed by atoms with Crippen molar-refractivity contribution in [1.82, 2.24) is 26.2 Å². The molecule has 0 aliphatic carbocycles. The van der Waals surface area contributed by atoms with Crippen LogP contribution in [0.5, 0.6) is 0 Å². The minimum Gasteiger partial charge on any atom is -0.394 e. The lowest BCUT2D eigenvalue weighted by Crippen LogP contribution is -2.37. The first-order chi connectivity index (χ1) is 18.0. The molecular formula is C24H50N6O6P+. The second-order valence-corrected chi connectivity index (χ2v) is 10.1. The molecule has 0 aromatic heterocycles. The Kier molecular flexibility index (Phi) is 20.7. The van der Waals surface area contributed by atoms with Gasteiger partial charge in [0.05, 0.1) is 19.2 Å². The molecule has 37 heavy (non-hydrogen) atoms. The first-order valence-electron chi connectivity index (χ1n) is 13.8. The summed E-state index contributed by atoms with van der Waals surface area (Å²) in [4.78, 5) is 34.8. The molecular weight excluding hydrogens is 499 g/mol. The summed E-state index contributed by atoms with van der Waals surface area (Å²) in [7, 11) is -2.72. The van der Waals surface area contributed by atoms with Crippen LogP contribution < -0.4 is 27.0 Å². The van der Waals surface area contributed by atoms with Gasteiger partial charge in [0, 0.05) is 36.9 Å². The summed E-state index contributed by atoms with van der Waals surface area (Å²) in [6, 6.07) is -0.374. The number of hydrogen-bond acceptors (Lipinski definition) is 9. The van der Waals surface area contributed by atoms with Gasteiger partial charge in [0.25, 0.3) is 0 Å². The minimum absolute atomic E-state index is 0.0258. The maximum absolute atomic E-state index is 12.4. The average Bonchev–Trinajstić information content (AvgIpc) is 3.28. The van der Waals surface area contributed by atoms with Gasteiger partial charge in [0.15, 0.2) is 0 Å². The zero-order valence-corrected chi connectivity index (χ0v) is 23.2. The molecule has 13 heteroatoms. The minimum atomic E-state index is -2.72. The normalized spacial score (nSPS) is 17.8. The van der Waals surface area contributed by atoms with Crippen molar-refractivity contribution in [1.29, 1.82) is 0 Å². The van der Waals surface area contributed by atoms with E-state index in [1.165, 1.54) is 6.42 Å². The van der Waals surface area contributed by atoms with Gasteiger partial charge in [0.2, 0.25) is 11.8 Å². The molecule has 1 aliphatic rings. The van der Waals surface area contributed by atoms with Crippen molar-refractivity contribution >= 4 is 20.1 Å². The summed E-state index contributed by atoms with van der Waals surface area (Å²) in [6.07, 6.45) is 7.30. The second-order valence-electron chi connectivity index (χ2n) is 9.45. The zero-order valence-electron chi connectivity index (χ0n) is 22.3. The van der Waals surface area contributed by atoms with Crippen LogP contribution >= 0.6 is 8.25 Å². The average molecular weight is 550 g/mol. The van der Waals surface area contributed by atoms with Crippen LogP contribution in [-0.2, 0) is 18.7 Å². The molecule has 0 aromatic rings. The number of likely N-dealkylation sites (tertiary alicyclic amines) is 1. The molecule has 0 bridgehead atoms. The van der Waals surface area contributed by atoms with E-state index < -0.39 is 14.4 Å². The van der Waals surface area contributed by atoms with Gasteiger partial charge in [-0.3, -0.25) is 9.59 Å². The molecule has 0 aromatic carbocycles. The van der Waals surface area contributed by atoms with Crippen molar-refractivity contribution in [3.63, 3.8) is 0 Å². The molecule has 0 radical (unpaired) electrons. The third-order valence-corrected chi connectivity index (χ3v) is 6.77. The van der Waals surface area contributed by atoms with Gasteiger partial charge in [-0.05, 0) is 77.8 Å². The van der Waals surface area contributed by atoms with E-state index >= 15 is 0 Å². The molecule has 216 valence electrons. The quantitative estimate of drug-likeness (QED) is 0.0639. The van der Waals surface area contributed by atoms with Crippen molar-refractivity contribution in [2.24, 2.45) is 5.73 Å². The highest BCUT2D eigenvalue weighted by Gasteiger charge is 2.39. The summed E-state index contributed by atoms with van der Waals surface area (Å²) in [5.74, 6) is -0.0622. The van der Waals surface area contributed by atoms with Crippen LogP contribution in [0.2, 0.25) is 0 Å². The summed E-state index contributed by atoms with van der Waals surface area (Å²) >= 11 is 0. The lowest BCUT2D eigenvalue weighted by Gasteiger charge is -2.22. The summed E-state index contributed by atoms with van der Waals surface area (Å²) in [5.41, 5.74) is 5.45. The highest BCUT2D eigenvalue weighted by Crippen LogP contribution is 2.28. The number of aliphatic hydroxyl groups excluding tert-OH is 1. The third-order valence-electron chi connectivity index (χ3n) is 6.29. The van der Waals surface area contributed by atoms with Crippen LogP contribution in [-0.4, -0.2) is 104 Å². The Hall–Kier alpha value is -1.24. The lowest BCUT2D eigenvalue weighted by atomic mass is 10.1. The van der Waals surface area contributed by atoms with Crippen LogP contribution in [0, 0.1) is 0 Å². The Morgan fingerprint density at radius 3 is 2.14 bits per heavy atom. The van der Waals surface area contributed by atoms with Crippen molar-refractivity contribution in [2.75, 3.05) is 65.5 Å². The van der Waals surface area contributed by atoms with Gasteiger partial charge in [-0.2, -0.15) is 0 Å². The van der Waals surface area contributed by atoms with E-state index in [9.17, 15) is 19.3 Å². The Balaban J connectivity index is 1.90. The summed E-state index contributed by atoms with van der Waals surface area (Å²) in [6.45, 7) is 6.94. The van der Waals surface area contributed by atoms with E-state index in [0.29, 0.717) is 38.8 Å². The van der Waals surface area contributed by atoms with Gasteiger partial charge in [-0.15, -0.1) is 9.42 Å². The molecule has 1 unspecified atom stereocenters. The number of nitrogens with two attached hydrogens (primary N) is 1. The Bertz CT molecular complexity index is 633. The Morgan fingerprint density at radius 1 is 0.865 bits per heavy atom. The Morgan fingerprint density at radius 2 is 1.49 bits per heavy atom.